The molecule has 1 aromatic rings. The molecule has 0 aromatic heterocycles. The van der Waals surface area contributed by atoms with Crippen LogP contribution in [0.4, 0.5) is 14.5 Å². The number of hydrogen-bond donors (Lipinski definition) is 1. The molecule has 1 aromatic carbocycles. The number of hydrogen-bond acceptors (Lipinski definition) is 1. The number of fused-ring (bicyclic) bond motifs is 1. The number of rotatable bonds is 0. The van der Waals surface area contributed by atoms with Gasteiger partial charge in [0.1, 0.15) is 0 Å². The van der Waals surface area contributed by atoms with Gasteiger partial charge in [-0.1, -0.05) is 26.0 Å². The van der Waals surface area contributed by atoms with Crippen LogP contribution in [0, 0.1) is 0 Å². The van der Waals surface area contributed by atoms with E-state index in [4.69, 9.17) is 5.73 Å². The lowest BCUT2D eigenvalue weighted by atomic mass is 10.1. The Labute approximate surface area is 82.9 Å². The molecular formula is C11H15F2N. The lowest BCUT2D eigenvalue weighted by Gasteiger charge is -2.09. The van der Waals surface area contributed by atoms with Crippen molar-refractivity contribution in [1.29, 1.82) is 0 Å². The maximum absolute atomic E-state index is 13.1. The van der Waals surface area contributed by atoms with E-state index in [1.807, 2.05) is 13.8 Å². The van der Waals surface area contributed by atoms with Gasteiger partial charge in [0.2, 0.25) is 0 Å². The van der Waals surface area contributed by atoms with Gasteiger partial charge < -0.3 is 5.73 Å². The first-order valence-electron chi connectivity index (χ1n) is 4.87. The van der Waals surface area contributed by atoms with E-state index in [-0.39, 0.29) is 12.0 Å². The second kappa shape index (κ2) is 3.95. The molecule has 0 atom stereocenters. The molecule has 0 amide bonds. The molecule has 0 saturated heterocycles. The van der Waals surface area contributed by atoms with Gasteiger partial charge in [0.05, 0.1) is 0 Å². The molecule has 1 aliphatic carbocycles. The Morgan fingerprint density at radius 1 is 1.29 bits per heavy atom. The molecule has 0 aliphatic heterocycles. The number of nitrogens with two attached hydrogens (primary N) is 1. The van der Waals surface area contributed by atoms with Crippen LogP contribution in [-0.2, 0) is 12.3 Å². The van der Waals surface area contributed by atoms with E-state index in [9.17, 15) is 8.78 Å². The molecule has 0 bridgehead atoms. The fourth-order valence-corrected chi connectivity index (χ4v) is 1.64. The Hall–Kier alpha value is -1.12. The van der Waals surface area contributed by atoms with E-state index in [2.05, 4.69) is 0 Å². The number of alkyl halides is 2. The standard InChI is InChI=1S/C9H9F2N.C2H6/c10-9(11)5-4-6-7(9)2-1-3-8(6)12;1-2/h1-3H,4-5,12H2;1-2H3. The van der Waals surface area contributed by atoms with Crippen LogP contribution in [-0.4, -0.2) is 0 Å². The third kappa shape index (κ3) is 1.72. The largest absolute Gasteiger partial charge is 0.398 e. The summed E-state index contributed by atoms with van der Waals surface area (Å²) in [5.74, 6) is -2.66. The zero-order valence-electron chi connectivity index (χ0n) is 8.48. The molecule has 1 nitrogen and oxygen atoms in total. The predicted molar refractivity (Wildman–Crippen MR) is 54.4 cm³/mol. The summed E-state index contributed by atoms with van der Waals surface area (Å²) >= 11 is 0. The Balaban J connectivity index is 0.000000461. The summed E-state index contributed by atoms with van der Waals surface area (Å²) in [6.07, 6.45) is 0.297. The molecule has 14 heavy (non-hydrogen) atoms. The summed E-state index contributed by atoms with van der Waals surface area (Å²) in [7, 11) is 0. The molecule has 2 N–H and O–H groups in total. The molecule has 3 heteroatoms. The quantitative estimate of drug-likeness (QED) is 0.637. The van der Waals surface area contributed by atoms with Crippen molar-refractivity contribution in [2.45, 2.75) is 32.6 Å². The molecule has 0 fully saturated rings. The molecule has 0 saturated carbocycles. The van der Waals surface area contributed by atoms with E-state index >= 15 is 0 Å². The van der Waals surface area contributed by atoms with Gasteiger partial charge in [-0.2, -0.15) is 0 Å². The van der Waals surface area contributed by atoms with Gasteiger partial charge in [-0.25, -0.2) is 8.78 Å². The van der Waals surface area contributed by atoms with Crippen molar-refractivity contribution in [2.75, 3.05) is 5.73 Å². The molecule has 0 spiro atoms. The smallest absolute Gasteiger partial charge is 0.273 e. The van der Waals surface area contributed by atoms with Gasteiger partial charge >= 0.3 is 0 Å². The van der Waals surface area contributed by atoms with Gasteiger partial charge in [-0.05, 0) is 18.1 Å². The van der Waals surface area contributed by atoms with Gasteiger partial charge in [-0.15, -0.1) is 0 Å². The van der Waals surface area contributed by atoms with Crippen LogP contribution in [0.15, 0.2) is 18.2 Å². The van der Waals surface area contributed by atoms with Crippen LogP contribution in [0.2, 0.25) is 0 Å². The molecule has 0 unspecified atom stereocenters. The average molecular weight is 199 g/mol. The average Bonchev–Trinajstić information content (AvgIpc) is 2.48. The first kappa shape index (κ1) is 11.0. The maximum Gasteiger partial charge on any atom is 0.273 e. The second-order valence-electron chi connectivity index (χ2n) is 3.08. The molecule has 78 valence electrons. The second-order valence-corrected chi connectivity index (χ2v) is 3.08. The highest BCUT2D eigenvalue weighted by Gasteiger charge is 2.39. The van der Waals surface area contributed by atoms with Crippen molar-refractivity contribution in [1.82, 2.24) is 0 Å². The maximum atomic E-state index is 13.1. The van der Waals surface area contributed by atoms with Crippen molar-refractivity contribution >= 4 is 5.69 Å². The summed E-state index contributed by atoms with van der Waals surface area (Å²) in [5, 5.41) is 0. The minimum atomic E-state index is -2.66. The monoisotopic (exact) mass is 199 g/mol. The SMILES string of the molecule is CC.Nc1cccc2c1CCC2(F)F. The minimum Gasteiger partial charge on any atom is -0.398 e. The summed E-state index contributed by atoms with van der Waals surface area (Å²) in [4.78, 5) is 0. The normalized spacial score (nSPS) is 16.9. The van der Waals surface area contributed by atoms with Crippen LogP contribution >= 0.6 is 0 Å². The van der Waals surface area contributed by atoms with Gasteiger partial charge in [0.15, 0.2) is 0 Å². The lowest BCUT2D eigenvalue weighted by Crippen LogP contribution is -2.07. The number of nitrogen functional groups attached to an aromatic ring is 1. The summed E-state index contributed by atoms with van der Waals surface area (Å²) in [6.45, 7) is 4.00. The zero-order chi connectivity index (χ0) is 10.8. The molecule has 1 aliphatic rings. The highest BCUT2D eigenvalue weighted by Crippen LogP contribution is 2.43. The van der Waals surface area contributed by atoms with Crippen molar-refractivity contribution in [3.8, 4) is 0 Å². The first-order valence-corrected chi connectivity index (χ1v) is 4.87. The van der Waals surface area contributed by atoms with Crippen LogP contribution < -0.4 is 5.73 Å². The van der Waals surface area contributed by atoms with Crippen LogP contribution in [0.5, 0.6) is 0 Å². The predicted octanol–water partition coefficient (Wildman–Crippen LogP) is 3.33. The van der Waals surface area contributed by atoms with Crippen LogP contribution in [0.1, 0.15) is 31.4 Å². The number of anilines is 1. The first-order chi connectivity index (χ1) is 6.61. The van der Waals surface area contributed by atoms with E-state index in [0.29, 0.717) is 17.7 Å². The third-order valence-electron chi connectivity index (χ3n) is 2.30. The van der Waals surface area contributed by atoms with Crippen LogP contribution in [0.25, 0.3) is 0 Å². The van der Waals surface area contributed by atoms with E-state index in [0.717, 1.165) is 0 Å². The van der Waals surface area contributed by atoms with E-state index in [1.54, 1.807) is 12.1 Å². The van der Waals surface area contributed by atoms with Gasteiger partial charge in [0.25, 0.3) is 5.92 Å². The summed E-state index contributed by atoms with van der Waals surface area (Å²) in [6, 6.07) is 4.70. The zero-order valence-corrected chi connectivity index (χ0v) is 8.48. The van der Waals surface area contributed by atoms with Crippen molar-refractivity contribution < 1.29 is 8.78 Å². The Morgan fingerprint density at radius 3 is 2.50 bits per heavy atom. The van der Waals surface area contributed by atoms with E-state index < -0.39 is 5.92 Å². The summed E-state index contributed by atoms with van der Waals surface area (Å²) < 4.78 is 26.1. The third-order valence-corrected chi connectivity index (χ3v) is 2.30. The Bertz CT molecular complexity index is 321. The molecule has 2 rings (SSSR count). The van der Waals surface area contributed by atoms with Crippen LogP contribution in [0.3, 0.4) is 0 Å². The molecule has 0 heterocycles. The minimum absolute atomic E-state index is 0.101. The van der Waals surface area contributed by atoms with E-state index in [1.165, 1.54) is 6.07 Å². The summed E-state index contributed by atoms with van der Waals surface area (Å²) in [5.41, 5.74) is 6.79. The fourth-order valence-electron chi connectivity index (χ4n) is 1.64. The lowest BCUT2D eigenvalue weighted by molar-refractivity contribution is -0.00183. The van der Waals surface area contributed by atoms with Crippen molar-refractivity contribution in [3.63, 3.8) is 0 Å². The van der Waals surface area contributed by atoms with Gasteiger partial charge in [0, 0.05) is 17.7 Å². The molecular weight excluding hydrogens is 184 g/mol. The molecule has 0 radical (unpaired) electrons. The van der Waals surface area contributed by atoms with Crippen molar-refractivity contribution in [3.05, 3.63) is 29.3 Å². The highest BCUT2D eigenvalue weighted by atomic mass is 19.3. The Kier molecular flexibility index (Phi) is 3.09. The topological polar surface area (TPSA) is 26.0 Å². The Morgan fingerprint density at radius 2 is 1.93 bits per heavy atom. The highest BCUT2D eigenvalue weighted by molar-refractivity contribution is 5.54. The fraction of sp³-hybridized carbons (Fsp3) is 0.455. The number of benzene rings is 1. The van der Waals surface area contributed by atoms with Gasteiger partial charge in [-0.3, -0.25) is 0 Å². The number of halogens is 2. The van der Waals surface area contributed by atoms with Crippen molar-refractivity contribution in [2.24, 2.45) is 0 Å².